The van der Waals surface area contributed by atoms with Gasteiger partial charge in [-0.15, -0.1) is 11.8 Å². The number of aryl methyl sites for hydroxylation is 1. The number of amides is 1. The molecule has 0 saturated heterocycles. The highest BCUT2D eigenvalue weighted by molar-refractivity contribution is 8.13. The van der Waals surface area contributed by atoms with Crippen molar-refractivity contribution in [3.8, 4) is 0 Å². The van der Waals surface area contributed by atoms with E-state index in [0.717, 1.165) is 27.9 Å². The fourth-order valence-electron chi connectivity index (χ4n) is 2.09. The minimum absolute atomic E-state index is 0.391. The quantitative estimate of drug-likeness (QED) is 0.444. The zero-order valence-electron chi connectivity index (χ0n) is 16.8. The average Bonchev–Trinajstić information content (AvgIpc) is 2.44. The van der Waals surface area contributed by atoms with Crippen molar-refractivity contribution < 1.29 is 9.53 Å². The van der Waals surface area contributed by atoms with Gasteiger partial charge in [0.1, 0.15) is 5.60 Å². The number of carbonyl (C=O) groups is 1. The van der Waals surface area contributed by atoms with Gasteiger partial charge in [-0.1, -0.05) is 31.8 Å². The van der Waals surface area contributed by atoms with E-state index in [9.17, 15) is 4.79 Å². The zero-order chi connectivity index (χ0) is 19.3. The molecular formula is C19H32N2O2SSi. The third-order valence-corrected chi connectivity index (χ3v) is 5.16. The Labute approximate surface area is 157 Å². The number of carbonyl (C=O) groups excluding carboxylic acids is 1. The zero-order valence-corrected chi connectivity index (χ0v) is 18.6. The Morgan fingerprint density at radius 1 is 1.28 bits per heavy atom. The SMILES string of the molecule is CS/C(=N\C[Si](C)(C)C)c1ccc(CNC(=O)OC(C)(C)C)c(C)c1. The van der Waals surface area contributed by atoms with E-state index >= 15 is 0 Å². The van der Waals surface area contributed by atoms with Crippen LogP contribution in [0.2, 0.25) is 19.6 Å². The Hall–Kier alpha value is -1.27. The Bertz CT molecular complexity index is 631. The van der Waals surface area contributed by atoms with E-state index in [1.54, 1.807) is 11.8 Å². The minimum atomic E-state index is -1.20. The molecule has 140 valence electrons. The Morgan fingerprint density at radius 3 is 2.40 bits per heavy atom. The second-order valence-electron chi connectivity index (χ2n) is 8.38. The molecular weight excluding hydrogens is 348 g/mol. The lowest BCUT2D eigenvalue weighted by Crippen LogP contribution is -2.32. The van der Waals surface area contributed by atoms with Gasteiger partial charge in [0.2, 0.25) is 0 Å². The third kappa shape index (κ3) is 8.58. The summed E-state index contributed by atoms with van der Waals surface area (Å²) in [5.74, 6) is 0. The number of rotatable bonds is 5. The van der Waals surface area contributed by atoms with E-state index in [4.69, 9.17) is 9.73 Å². The van der Waals surface area contributed by atoms with Crippen LogP contribution in [0.15, 0.2) is 23.2 Å². The van der Waals surface area contributed by atoms with Crippen molar-refractivity contribution in [2.45, 2.75) is 59.5 Å². The maximum absolute atomic E-state index is 11.8. The molecule has 0 atom stereocenters. The van der Waals surface area contributed by atoms with Gasteiger partial charge in [-0.2, -0.15) is 0 Å². The van der Waals surface area contributed by atoms with Gasteiger partial charge in [-0.3, -0.25) is 4.99 Å². The van der Waals surface area contributed by atoms with Crippen molar-refractivity contribution in [3.63, 3.8) is 0 Å². The molecule has 6 heteroatoms. The summed E-state index contributed by atoms with van der Waals surface area (Å²) < 4.78 is 5.27. The Kier molecular flexibility index (Phi) is 7.75. The number of benzene rings is 1. The van der Waals surface area contributed by atoms with Crippen LogP contribution in [0.5, 0.6) is 0 Å². The molecule has 0 radical (unpaired) electrons. The second kappa shape index (κ2) is 8.90. The van der Waals surface area contributed by atoms with Gasteiger partial charge in [0.25, 0.3) is 0 Å². The van der Waals surface area contributed by atoms with Gasteiger partial charge in [0.05, 0.1) is 13.1 Å². The number of thioether (sulfide) groups is 1. The van der Waals surface area contributed by atoms with Crippen molar-refractivity contribution in [2.24, 2.45) is 4.99 Å². The van der Waals surface area contributed by atoms with Gasteiger partial charge in [0.15, 0.2) is 0 Å². The number of alkyl carbamates (subject to hydrolysis) is 1. The molecule has 0 saturated carbocycles. The monoisotopic (exact) mass is 380 g/mol. The topological polar surface area (TPSA) is 50.7 Å². The first-order valence-corrected chi connectivity index (χ1v) is 13.5. The van der Waals surface area contributed by atoms with Gasteiger partial charge in [-0.05, 0) is 51.1 Å². The van der Waals surface area contributed by atoms with Crippen LogP contribution in [0.3, 0.4) is 0 Å². The third-order valence-electron chi connectivity index (χ3n) is 3.30. The molecule has 0 heterocycles. The molecule has 25 heavy (non-hydrogen) atoms. The molecule has 1 rings (SSSR count). The standard InChI is InChI=1S/C19H32N2O2SSi/c1-14-11-15(17(24-5)21-13-25(6,7)8)9-10-16(14)12-20-18(22)23-19(2,3)4/h9-11H,12-13H2,1-8H3,(H,20,22)/b21-17-. The predicted molar refractivity (Wildman–Crippen MR) is 113 cm³/mol. The molecule has 0 aliphatic heterocycles. The van der Waals surface area contributed by atoms with Gasteiger partial charge in [0, 0.05) is 18.3 Å². The van der Waals surface area contributed by atoms with Gasteiger partial charge in [-0.25, -0.2) is 4.79 Å². The van der Waals surface area contributed by atoms with Crippen LogP contribution >= 0.6 is 11.8 Å². The minimum Gasteiger partial charge on any atom is -0.444 e. The molecule has 0 aliphatic carbocycles. The van der Waals surface area contributed by atoms with Crippen LogP contribution in [0.25, 0.3) is 0 Å². The van der Waals surface area contributed by atoms with Crippen LogP contribution in [-0.4, -0.2) is 37.2 Å². The predicted octanol–water partition coefficient (Wildman–Crippen LogP) is 5.01. The molecule has 0 fully saturated rings. The normalized spacial score (nSPS) is 12.9. The number of ether oxygens (including phenoxy) is 1. The van der Waals surface area contributed by atoms with Crippen LogP contribution in [0, 0.1) is 6.92 Å². The molecule has 1 N–H and O–H groups in total. The molecule has 0 aromatic heterocycles. The van der Waals surface area contributed by atoms with E-state index in [2.05, 4.69) is 56.3 Å². The molecule has 0 unspecified atom stereocenters. The number of hydrogen-bond acceptors (Lipinski definition) is 4. The molecule has 0 bridgehead atoms. The smallest absolute Gasteiger partial charge is 0.407 e. The second-order valence-corrected chi connectivity index (χ2v) is 14.6. The maximum atomic E-state index is 11.8. The first-order chi connectivity index (χ1) is 11.4. The number of nitrogens with one attached hydrogen (secondary N) is 1. The van der Waals surface area contributed by atoms with Gasteiger partial charge < -0.3 is 10.1 Å². The molecule has 4 nitrogen and oxygen atoms in total. The lowest BCUT2D eigenvalue weighted by molar-refractivity contribution is 0.0523. The Balaban J connectivity index is 2.81. The van der Waals surface area contributed by atoms with E-state index < -0.39 is 19.8 Å². The fraction of sp³-hybridized carbons (Fsp3) is 0.579. The summed E-state index contributed by atoms with van der Waals surface area (Å²) in [6, 6.07) is 6.28. The lowest BCUT2D eigenvalue weighted by atomic mass is 10.1. The highest BCUT2D eigenvalue weighted by Gasteiger charge is 2.16. The maximum Gasteiger partial charge on any atom is 0.407 e. The van der Waals surface area contributed by atoms with Crippen LogP contribution in [-0.2, 0) is 11.3 Å². The van der Waals surface area contributed by atoms with Crippen molar-refractivity contribution >= 4 is 31.0 Å². The first kappa shape index (κ1) is 21.8. The molecule has 1 aromatic carbocycles. The summed E-state index contributed by atoms with van der Waals surface area (Å²) in [7, 11) is -1.20. The summed E-state index contributed by atoms with van der Waals surface area (Å²) in [4.78, 5) is 16.6. The van der Waals surface area contributed by atoms with Crippen LogP contribution < -0.4 is 5.32 Å². The van der Waals surface area contributed by atoms with Crippen LogP contribution in [0.1, 0.15) is 37.5 Å². The van der Waals surface area contributed by atoms with Crippen molar-refractivity contribution in [1.82, 2.24) is 5.32 Å². The highest BCUT2D eigenvalue weighted by Crippen LogP contribution is 2.17. The molecule has 0 aliphatic rings. The lowest BCUT2D eigenvalue weighted by Gasteiger charge is -2.20. The van der Waals surface area contributed by atoms with Crippen molar-refractivity contribution in [2.75, 3.05) is 12.4 Å². The van der Waals surface area contributed by atoms with E-state index in [-0.39, 0.29) is 0 Å². The van der Waals surface area contributed by atoms with Crippen molar-refractivity contribution in [3.05, 3.63) is 34.9 Å². The summed E-state index contributed by atoms with van der Waals surface area (Å²) in [6.07, 6.45) is 2.61. The molecule has 1 amide bonds. The number of aliphatic imine (C=N–C) groups is 1. The van der Waals surface area contributed by atoms with E-state index in [1.807, 2.05) is 20.8 Å². The summed E-state index contributed by atoms with van der Waals surface area (Å²) in [5.41, 5.74) is 2.89. The first-order valence-electron chi connectivity index (χ1n) is 8.56. The largest absolute Gasteiger partial charge is 0.444 e. The highest BCUT2D eigenvalue weighted by atomic mass is 32.2. The average molecular weight is 381 g/mol. The van der Waals surface area contributed by atoms with E-state index in [1.165, 1.54) is 0 Å². The van der Waals surface area contributed by atoms with Crippen molar-refractivity contribution in [1.29, 1.82) is 0 Å². The summed E-state index contributed by atoms with van der Waals surface area (Å²) in [5, 5.41) is 3.89. The molecule has 0 spiro atoms. The fourth-order valence-corrected chi connectivity index (χ4v) is 3.39. The summed E-state index contributed by atoms with van der Waals surface area (Å²) >= 11 is 1.69. The molecule has 1 aromatic rings. The summed E-state index contributed by atoms with van der Waals surface area (Å²) in [6.45, 7) is 15.1. The number of nitrogens with zero attached hydrogens (tertiary/aromatic N) is 1. The number of hydrogen-bond donors (Lipinski definition) is 1. The van der Waals surface area contributed by atoms with Crippen LogP contribution in [0.4, 0.5) is 4.79 Å². The van der Waals surface area contributed by atoms with Gasteiger partial charge >= 0.3 is 6.09 Å². The Morgan fingerprint density at radius 2 is 1.92 bits per heavy atom. The van der Waals surface area contributed by atoms with E-state index in [0.29, 0.717) is 6.54 Å².